The average Bonchev–Trinajstić information content (AvgIpc) is 2.54. The maximum Gasteiger partial charge on any atom is 0.306 e. The van der Waals surface area contributed by atoms with Gasteiger partial charge < -0.3 is 4.74 Å². The highest BCUT2D eigenvalue weighted by Crippen LogP contribution is 2.17. The van der Waals surface area contributed by atoms with Crippen molar-refractivity contribution in [2.24, 2.45) is 0 Å². The minimum atomic E-state index is -3.60. The highest BCUT2D eigenvalue weighted by atomic mass is 32.2. The summed E-state index contributed by atoms with van der Waals surface area (Å²) in [5, 5.41) is 0. The highest BCUT2D eigenvalue weighted by molar-refractivity contribution is 7.92. The number of aryl methyl sites for hydroxylation is 2. The highest BCUT2D eigenvalue weighted by Gasteiger charge is 2.13. The SMILES string of the molecule is CCOC(=O)CCc1ccc(NS(=O)(=O)c2ccc(C)cc2)cc1. The molecule has 0 spiro atoms. The molecule has 2 aromatic rings. The van der Waals surface area contributed by atoms with Crippen molar-refractivity contribution in [1.29, 1.82) is 0 Å². The zero-order valence-corrected chi connectivity index (χ0v) is 14.6. The molecule has 128 valence electrons. The van der Waals surface area contributed by atoms with Gasteiger partial charge >= 0.3 is 5.97 Å². The fourth-order valence-corrected chi connectivity index (χ4v) is 3.21. The summed E-state index contributed by atoms with van der Waals surface area (Å²) < 4.78 is 32.1. The molecule has 0 saturated heterocycles. The lowest BCUT2D eigenvalue weighted by Gasteiger charge is -2.09. The summed E-state index contributed by atoms with van der Waals surface area (Å²) >= 11 is 0. The maximum atomic E-state index is 12.3. The summed E-state index contributed by atoms with van der Waals surface area (Å²) in [6.07, 6.45) is 0.867. The van der Waals surface area contributed by atoms with Gasteiger partial charge in [0, 0.05) is 12.1 Å². The van der Waals surface area contributed by atoms with Gasteiger partial charge in [0.15, 0.2) is 0 Å². The molecule has 0 unspecified atom stereocenters. The Kier molecular flexibility index (Phi) is 5.98. The molecule has 24 heavy (non-hydrogen) atoms. The Hall–Kier alpha value is -2.34. The number of anilines is 1. The van der Waals surface area contributed by atoms with Crippen molar-refractivity contribution in [2.75, 3.05) is 11.3 Å². The van der Waals surface area contributed by atoms with Crippen molar-refractivity contribution in [2.45, 2.75) is 31.6 Å². The summed E-state index contributed by atoms with van der Waals surface area (Å²) in [6.45, 7) is 4.05. The van der Waals surface area contributed by atoms with Gasteiger partial charge in [-0.2, -0.15) is 0 Å². The minimum absolute atomic E-state index is 0.222. The number of rotatable bonds is 7. The third-order valence-corrected chi connectivity index (χ3v) is 4.86. The predicted octanol–water partition coefficient (Wildman–Crippen LogP) is 3.29. The van der Waals surface area contributed by atoms with Crippen LogP contribution in [0.25, 0.3) is 0 Å². The van der Waals surface area contributed by atoms with Gasteiger partial charge in [0.2, 0.25) is 0 Å². The largest absolute Gasteiger partial charge is 0.466 e. The first kappa shape index (κ1) is 18.0. The molecule has 0 bridgehead atoms. The van der Waals surface area contributed by atoms with Crippen molar-refractivity contribution >= 4 is 21.7 Å². The van der Waals surface area contributed by atoms with E-state index in [0.717, 1.165) is 11.1 Å². The van der Waals surface area contributed by atoms with Crippen LogP contribution in [0.15, 0.2) is 53.4 Å². The quantitative estimate of drug-likeness (QED) is 0.780. The normalized spacial score (nSPS) is 11.1. The fraction of sp³-hybridized carbons (Fsp3) is 0.278. The van der Waals surface area contributed by atoms with Crippen molar-refractivity contribution in [3.8, 4) is 0 Å². The van der Waals surface area contributed by atoms with Crippen LogP contribution >= 0.6 is 0 Å². The standard InChI is InChI=1S/C18H21NO4S/c1-3-23-18(20)13-8-15-6-9-16(10-7-15)19-24(21,22)17-11-4-14(2)5-12-17/h4-7,9-12,19H,3,8,13H2,1-2H3. The number of ether oxygens (including phenoxy) is 1. The van der Waals surface area contributed by atoms with E-state index in [9.17, 15) is 13.2 Å². The van der Waals surface area contributed by atoms with E-state index in [4.69, 9.17) is 4.74 Å². The smallest absolute Gasteiger partial charge is 0.306 e. The van der Waals surface area contributed by atoms with Crippen LogP contribution in [0.4, 0.5) is 5.69 Å². The average molecular weight is 347 g/mol. The maximum absolute atomic E-state index is 12.3. The van der Waals surface area contributed by atoms with Crippen LogP contribution in [0.2, 0.25) is 0 Å². The summed E-state index contributed by atoms with van der Waals surface area (Å²) in [6, 6.07) is 13.6. The van der Waals surface area contributed by atoms with Crippen LogP contribution < -0.4 is 4.72 Å². The molecule has 0 aliphatic rings. The lowest BCUT2D eigenvalue weighted by molar-refractivity contribution is -0.143. The topological polar surface area (TPSA) is 72.5 Å². The van der Waals surface area contributed by atoms with Crippen LogP contribution in [-0.2, 0) is 26.0 Å². The summed E-state index contributed by atoms with van der Waals surface area (Å²) in [7, 11) is -3.60. The zero-order valence-electron chi connectivity index (χ0n) is 13.8. The van der Waals surface area contributed by atoms with E-state index in [0.29, 0.717) is 25.1 Å². The molecule has 0 amide bonds. The van der Waals surface area contributed by atoms with E-state index in [1.165, 1.54) is 0 Å². The van der Waals surface area contributed by atoms with E-state index in [2.05, 4.69) is 4.72 Å². The summed E-state index contributed by atoms with van der Waals surface area (Å²) in [5.74, 6) is -0.235. The number of benzene rings is 2. The van der Waals surface area contributed by atoms with Gasteiger partial charge in [-0.25, -0.2) is 8.42 Å². The summed E-state index contributed by atoms with van der Waals surface area (Å²) in [4.78, 5) is 11.6. The molecule has 0 atom stereocenters. The Morgan fingerprint density at radius 1 is 1.04 bits per heavy atom. The Balaban J connectivity index is 2.00. The molecule has 0 fully saturated rings. The van der Waals surface area contributed by atoms with Crippen molar-refractivity contribution in [3.05, 3.63) is 59.7 Å². The fourth-order valence-electron chi connectivity index (χ4n) is 2.15. The molecule has 0 aliphatic carbocycles. The van der Waals surface area contributed by atoms with Gasteiger partial charge in [0.25, 0.3) is 10.0 Å². The second-order valence-electron chi connectivity index (χ2n) is 5.42. The number of nitrogens with one attached hydrogen (secondary N) is 1. The Morgan fingerprint density at radius 3 is 2.25 bits per heavy atom. The molecular formula is C18H21NO4S. The number of esters is 1. The summed E-state index contributed by atoms with van der Waals surface area (Å²) in [5.41, 5.74) is 2.43. The molecule has 1 N–H and O–H groups in total. The molecule has 6 heteroatoms. The number of carbonyl (C=O) groups is 1. The van der Waals surface area contributed by atoms with E-state index in [1.54, 1.807) is 55.5 Å². The predicted molar refractivity (Wildman–Crippen MR) is 93.4 cm³/mol. The first-order chi connectivity index (χ1) is 11.4. The minimum Gasteiger partial charge on any atom is -0.466 e. The molecule has 0 aliphatic heterocycles. The van der Waals surface area contributed by atoms with Crippen LogP contribution in [0.3, 0.4) is 0 Å². The number of hydrogen-bond acceptors (Lipinski definition) is 4. The number of sulfonamides is 1. The van der Waals surface area contributed by atoms with Crippen molar-refractivity contribution < 1.29 is 17.9 Å². The van der Waals surface area contributed by atoms with Crippen LogP contribution in [0, 0.1) is 6.92 Å². The lowest BCUT2D eigenvalue weighted by Crippen LogP contribution is -2.12. The van der Waals surface area contributed by atoms with Gasteiger partial charge in [-0.3, -0.25) is 9.52 Å². The van der Waals surface area contributed by atoms with E-state index in [-0.39, 0.29) is 10.9 Å². The zero-order chi connectivity index (χ0) is 17.6. The molecular weight excluding hydrogens is 326 g/mol. The molecule has 5 nitrogen and oxygen atoms in total. The number of carbonyl (C=O) groups excluding carboxylic acids is 1. The first-order valence-corrected chi connectivity index (χ1v) is 9.23. The molecule has 0 heterocycles. The molecule has 0 saturated carbocycles. The Bertz CT molecular complexity index is 781. The van der Waals surface area contributed by atoms with Crippen LogP contribution in [-0.4, -0.2) is 21.0 Å². The molecule has 0 aromatic heterocycles. The second-order valence-corrected chi connectivity index (χ2v) is 7.10. The van der Waals surface area contributed by atoms with Gasteiger partial charge in [0.05, 0.1) is 11.5 Å². The van der Waals surface area contributed by atoms with Gasteiger partial charge in [-0.1, -0.05) is 29.8 Å². The molecule has 2 aromatic carbocycles. The van der Waals surface area contributed by atoms with Crippen LogP contribution in [0.1, 0.15) is 24.5 Å². The van der Waals surface area contributed by atoms with E-state index in [1.807, 2.05) is 6.92 Å². The lowest BCUT2D eigenvalue weighted by atomic mass is 10.1. The first-order valence-electron chi connectivity index (χ1n) is 7.75. The molecule has 0 radical (unpaired) electrons. The third kappa shape index (κ3) is 5.09. The number of hydrogen-bond donors (Lipinski definition) is 1. The second kappa shape index (κ2) is 7.97. The Labute approximate surface area is 142 Å². The van der Waals surface area contributed by atoms with E-state index >= 15 is 0 Å². The Morgan fingerprint density at radius 2 is 1.67 bits per heavy atom. The van der Waals surface area contributed by atoms with Gasteiger partial charge in [-0.15, -0.1) is 0 Å². The van der Waals surface area contributed by atoms with E-state index < -0.39 is 10.0 Å². The monoisotopic (exact) mass is 347 g/mol. The molecule has 2 rings (SSSR count). The van der Waals surface area contributed by atoms with Crippen LogP contribution in [0.5, 0.6) is 0 Å². The van der Waals surface area contributed by atoms with Crippen molar-refractivity contribution in [1.82, 2.24) is 0 Å². The van der Waals surface area contributed by atoms with Gasteiger partial charge in [-0.05, 0) is 50.1 Å². The third-order valence-electron chi connectivity index (χ3n) is 3.46. The van der Waals surface area contributed by atoms with Crippen molar-refractivity contribution in [3.63, 3.8) is 0 Å². The van der Waals surface area contributed by atoms with Gasteiger partial charge in [0.1, 0.15) is 0 Å².